The van der Waals surface area contributed by atoms with Crippen LogP contribution in [0.4, 0.5) is 5.82 Å². The van der Waals surface area contributed by atoms with Crippen LogP contribution in [0.3, 0.4) is 0 Å². The van der Waals surface area contributed by atoms with Gasteiger partial charge in [0.2, 0.25) is 0 Å². The monoisotopic (exact) mass is 345 g/mol. The van der Waals surface area contributed by atoms with Gasteiger partial charge in [-0.1, -0.05) is 0 Å². The highest BCUT2D eigenvalue weighted by molar-refractivity contribution is 7.51. The Morgan fingerprint density at radius 2 is 2.13 bits per heavy atom. The maximum Gasteiger partial charge on any atom is 0.333 e. The van der Waals surface area contributed by atoms with E-state index in [0.29, 0.717) is 24.1 Å². The van der Waals surface area contributed by atoms with Gasteiger partial charge >= 0.3 is 13.6 Å². The number of rotatable bonds is 8. The number of ether oxygens (including phenoxy) is 1. The van der Waals surface area contributed by atoms with Crippen LogP contribution in [0.2, 0.25) is 0 Å². The van der Waals surface area contributed by atoms with E-state index >= 15 is 0 Å². The van der Waals surface area contributed by atoms with E-state index in [1.807, 2.05) is 0 Å². The molecule has 0 aliphatic rings. The van der Waals surface area contributed by atoms with E-state index in [1.165, 1.54) is 12.7 Å². The third kappa shape index (κ3) is 4.70. The van der Waals surface area contributed by atoms with Gasteiger partial charge in [-0.05, 0) is 6.42 Å². The van der Waals surface area contributed by atoms with Gasteiger partial charge in [0.15, 0.2) is 17.6 Å². The number of nitrogen functional groups attached to an aromatic ring is 1. The predicted molar refractivity (Wildman–Crippen MR) is 78.6 cm³/mol. The van der Waals surface area contributed by atoms with Crippen LogP contribution in [0.1, 0.15) is 6.42 Å². The smallest absolute Gasteiger partial charge is 0.333 e. The maximum absolute atomic E-state index is 10.9. The zero-order valence-corrected chi connectivity index (χ0v) is 12.8. The fourth-order valence-electron chi connectivity index (χ4n) is 1.94. The van der Waals surface area contributed by atoms with E-state index in [1.54, 1.807) is 4.57 Å². The number of aromatic nitrogens is 4. The van der Waals surface area contributed by atoms with E-state index in [2.05, 4.69) is 15.0 Å². The lowest BCUT2D eigenvalue weighted by atomic mass is 10.4. The molecule has 126 valence electrons. The molecule has 0 aliphatic carbocycles. The molecule has 0 aromatic carbocycles. The molecule has 1 unspecified atom stereocenters. The average Bonchev–Trinajstić information content (AvgIpc) is 2.85. The highest BCUT2D eigenvalue weighted by Crippen LogP contribution is 2.35. The fourth-order valence-corrected chi connectivity index (χ4v) is 2.63. The summed E-state index contributed by atoms with van der Waals surface area (Å²) in [4.78, 5) is 40.5. The second kappa shape index (κ2) is 7.01. The normalized spacial score (nSPS) is 13.3. The summed E-state index contributed by atoms with van der Waals surface area (Å²) < 4.78 is 17.6. The minimum absolute atomic E-state index is 0.0111. The van der Waals surface area contributed by atoms with Crippen molar-refractivity contribution in [1.29, 1.82) is 0 Å². The number of carboxylic acid groups (broad SMARTS) is 1. The van der Waals surface area contributed by atoms with E-state index < -0.39 is 25.8 Å². The van der Waals surface area contributed by atoms with Crippen molar-refractivity contribution >= 4 is 30.5 Å². The Morgan fingerprint density at radius 1 is 1.39 bits per heavy atom. The van der Waals surface area contributed by atoms with Crippen LogP contribution in [-0.2, 0) is 20.6 Å². The van der Waals surface area contributed by atoms with E-state index in [4.69, 9.17) is 25.4 Å². The van der Waals surface area contributed by atoms with Crippen LogP contribution in [0, 0.1) is 0 Å². The zero-order valence-electron chi connectivity index (χ0n) is 11.9. The van der Waals surface area contributed by atoms with Crippen LogP contribution >= 0.6 is 7.60 Å². The van der Waals surface area contributed by atoms with Gasteiger partial charge in [0.1, 0.15) is 11.8 Å². The summed E-state index contributed by atoms with van der Waals surface area (Å²) in [5.74, 6) is -1.15. The molecular weight excluding hydrogens is 329 g/mol. The van der Waals surface area contributed by atoms with Crippen molar-refractivity contribution in [2.75, 3.05) is 18.5 Å². The minimum atomic E-state index is -4.46. The summed E-state index contributed by atoms with van der Waals surface area (Å²) in [6.07, 6.45) is 0.834. The highest BCUT2D eigenvalue weighted by atomic mass is 31.2. The maximum atomic E-state index is 10.9. The predicted octanol–water partition coefficient (Wildman–Crippen LogP) is -0.554. The molecule has 1 atom stereocenters. The third-order valence-corrected chi connectivity index (χ3v) is 3.78. The molecule has 0 saturated carbocycles. The molecule has 0 radical (unpaired) electrons. The molecule has 0 amide bonds. The van der Waals surface area contributed by atoms with Crippen LogP contribution in [-0.4, -0.2) is 59.3 Å². The summed E-state index contributed by atoms with van der Waals surface area (Å²) in [7, 11) is -4.46. The van der Waals surface area contributed by atoms with Crippen molar-refractivity contribution < 1.29 is 29.0 Å². The van der Waals surface area contributed by atoms with E-state index in [9.17, 15) is 9.36 Å². The van der Waals surface area contributed by atoms with Gasteiger partial charge in [-0.25, -0.2) is 19.7 Å². The molecule has 5 N–H and O–H groups in total. The molecule has 11 nitrogen and oxygen atoms in total. The second-order valence-corrected chi connectivity index (χ2v) is 6.46. The van der Waals surface area contributed by atoms with Gasteiger partial charge in [0.05, 0.1) is 12.5 Å². The van der Waals surface area contributed by atoms with Crippen molar-refractivity contribution in [2.24, 2.45) is 0 Å². The fraction of sp³-hybridized carbons (Fsp3) is 0.455. The van der Waals surface area contributed by atoms with Crippen LogP contribution in [0.5, 0.6) is 0 Å². The van der Waals surface area contributed by atoms with Gasteiger partial charge in [0, 0.05) is 13.2 Å². The summed E-state index contributed by atoms with van der Waals surface area (Å²) in [5.41, 5.74) is 6.68. The molecule has 0 saturated heterocycles. The largest absolute Gasteiger partial charge is 0.479 e. The number of aliphatic carboxylic acids is 1. The molecule has 0 bridgehead atoms. The summed E-state index contributed by atoms with van der Waals surface area (Å²) in [6, 6.07) is 0. The molecule has 2 aromatic heterocycles. The summed E-state index contributed by atoms with van der Waals surface area (Å²) in [6.45, 7) is 0.437. The molecule has 0 spiro atoms. The van der Waals surface area contributed by atoms with E-state index in [-0.39, 0.29) is 12.4 Å². The van der Waals surface area contributed by atoms with Crippen molar-refractivity contribution in [2.45, 2.75) is 19.1 Å². The van der Waals surface area contributed by atoms with Crippen LogP contribution in [0.15, 0.2) is 12.7 Å². The van der Waals surface area contributed by atoms with Crippen molar-refractivity contribution in [3.63, 3.8) is 0 Å². The molecule has 12 heteroatoms. The number of carbonyl (C=O) groups is 1. The Balaban J connectivity index is 1.90. The van der Waals surface area contributed by atoms with Crippen molar-refractivity contribution in [1.82, 2.24) is 19.5 Å². The Morgan fingerprint density at radius 3 is 2.78 bits per heavy atom. The van der Waals surface area contributed by atoms with Crippen LogP contribution < -0.4 is 5.73 Å². The van der Waals surface area contributed by atoms with Gasteiger partial charge in [-0.3, -0.25) is 4.57 Å². The first kappa shape index (κ1) is 17.3. The standard InChI is InChI=1S/C11H16N5O6P/c12-9-8-10(14-5-13-9)16(6-15-8)2-1-3-22-7(11(17)18)4-23(19,20)21/h5-7H,1-4H2,(H,17,18)(H2,12,13,14)(H2,19,20,21). The summed E-state index contributed by atoms with van der Waals surface area (Å²) >= 11 is 0. The number of nitrogens with two attached hydrogens (primary N) is 1. The lowest BCUT2D eigenvalue weighted by Gasteiger charge is -2.14. The number of hydrogen-bond donors (Lipinski definition) is 4. The quantitative estimate of drug-likeness (QED) is 0.359. The first-order valence-corrected chi connectivity index (χ1v) is 8.38. The number of imidazole rings is 1. The summed E-state index contributed by atoms with van der Waals surface area (Å²) in [5, 5.41) is 8.88. The second-order valence-electron chi connectivity index (χ2n) is 4.77. The van der Waals surface area contributed by atoms with Gasteiger partial charge in [-0.2, -0.15) is 0 Å². The number of aryl methyl sites for hydroxylation is 1. The molecule has 0 aliphatic heterocycles. The Labute approximate surface area is 130 Å². The Kier molecular flexibility index (Phi) is 5.26. The minimum Gasteiger partial charge on any atom is -0.479 e. The van der Waals surface area contributed by atoms with Gasteiger partial charge in [0.25, 0.3) is 0 Å². The lowest BCUT2D eigenvalue weighted by Crippen LogP contribution is -2.28. The first-order valence-electron chi connectivity index (χ1n) is 6.58. The molecule has 0 fully saturated rings. The Hall–Kier alpha value is -2.07. The molecule has 23 heavy (non-hydrogen) atoms. The topological polar surface area (TPSA) is 174 Å². The number of carboxylic acids is 1. The third-order valence-electron chi connectivity index (χ3n) is 2.97. The molecule has 2 rings (SSSR count). The SMILES string of the molecule is Nc1ncnc2c1ncn2CCCOC(CP(=O)(O)O)C(=O)O. The average molecular weight is 345 g/mol. The number of anilines is 1. The zero-order chi connectivity index (χ0) is 17.0. The van der Waals surface area contributed by atoms with Gasteiger partial charge < -0.3 is 29.9 Å². The van der Waals surface area contributed by atoms with Crippen molar-refractivity contribution in [3.8, 4) is 0 Å². The van der Waals surface area contributed by atoms with Gasteiger partial charge in [-0.15, -0.1) is 0 Å². The lowest BCUT2D eigenvalue weighted by molar-refractivity contribution is -0.149. The number of hydrogen-bond acceptors (Lipinski definition) is 7. The number of fused-ring (bicyclic) bond motifs is 1. The number of nitrogens with zero attached hydrogens (tertiary/aromatic N) is 4. The van der Waals surface area contributed by atoms with E-state index in [0.717, 1.165) is 0 Å². The molecular formula is C11H16N5O6P. The van der Waals surface area contributed by atoms with Crippen molar-refractivity contribution in [3.05, 3.63) is 12.7 Å². The Bertz CT molecular complexity index is 744. The molecule has 2 aromatic rings. The highest BCUT2D eigenvalue weighted by Gasteiger charge is 2.27. The van der Waals surface area contributed by atoms with Crippen LogP contribution in [0.25, 0.3) is 11.2 Å². The first-order chi connectivity index (χ1) is 10.8. The molecule has 2 heterocycles.